The lowest BCUT2D eigenvalue weighted by Crippen LogP contribution is -2.46. The van der Waals surface area contributed by atoms with E-state index in [4.69, 9.17) is 23.2 Å². The number of amides is 3. The molecule has 1 aliphatic heterocycles. The number of rotatable bonds is 4. The normalized spacial score (nSPS) is 21.5. The van der Waals surface area contributed by atoms with E-state index < -0.39 is 17.9 Å². The Bertz CT molecular complexity index is 937. The molecule has 8 heteroatoms. The summed E-state index contributed by atoms with van der Waals surface area (Å²) in [5, 5.41) is 8.80. The maximum atomic E-state index is 13.6. The van der Waals surface area contributed by atoms with Gasteiger partial charge in [0.05, 0.1) is 11.1 Å². The monoisotopic (exact) mass is 407 g/mol. The van der Waals surface area contributed by atoms with Crippen LogP contribution in [-0.2, 0) is 11.2 Å². The molecule has 27 heavy (non-hydrogen) atoms. The van der Waals surface area contributed by atoms with Crippen LogP contribution in [0.25, 0.3) is 0 Å². The maximum absolute atomic E-state index is 13.6. The molecule has 5 nitrogen and oxygen atoms in total. The zero-order valence-electron chi connectivity index (χ0n) is 14.1. The quantitative estimate of drug-likeness (QED) is 0.727. The zero-order valence-corrected chi connectivity index (χ0v) is 15.6. The Labute approximate surface area is 165 Å². The van der Waals surface area contributed by atoms with Gasteiger partial charge >= 0.3 is 6.03 Å². The van der Waals surface area contributed by atoms with Crippen molar-refractivity contribution in [3.8, 4) is 0 Å². The van der Waals surface area contributed by atoms with Gasteiger partial charge in [0.1, 0.15) is 11.9 Å². The van der Waals surface area contributed by atoms with Gasteiger partial charge < -0.3 is 16.0 Å². The highest BCUT2D eigenvalue weighted by Crippen LogP contribution is 2.46. The van der Waals surface area contributed by atoms with Gasteiger partial charge in [-0.25, -0.2) is 9.18 Å². The molecule has 2 aliphatic rings. The molecule has 0 unspecified atom stereocenters. The number of nitrogens with one attached hydrogen (secondary N) is 3. The molecule has 1 heterocycles. The number of halogens is 3. The van der Waals surface area contributed by atoms with Gasteiger partial charge in [-0.05, 0) is 41.3 Å². The molecule has 2 aromatic carbocycles. The van der Waals surface area contributed by atoms with Gasteiger partial charge in [0.25, 0.3) is 0 Å². The Balaban J connectivity index is 1.64. The van der Waals surface area contributed by atoms with Gasteiger partial charge in [0, 0.05) is 17.5 Å². The van der Waals surface area contributed by atoms with E-state index in [1.807, 2.05) is 18.2 Å². The number of carbonyl (C=O) groups is 2. The molecule has 2 aromatic rings. The number of benzene rings is 2. The SMILES string of the molecule is O=C1NC[C@@H](C(=O)N[C@@H](c2ccc(F)c(Cl)c2)[C@@H]2Cc3c(Cl)cccc32)N1. The van der Waals surface area contributed by atoms with E-state index >= 15 is 0 Å². The zero-order chi connectivity index (χ0) is 19.1. The van der Waals surface area contributed by atoms with Crippen molar-refractivity contribution < 1.29 is 14.0 Å². The van der Waals surface area contributed by atoms with Crippen LogP contribution in [0, 0.1) is 5.82 Å². The van der Waals surface area contributed by atoms with Crippen molar-refractivity contribution >= 4 is 35.1 Å². The third kappa shape index (κ3) is 3.35. The van der Waals surface area contributed by atoms with Gasteiger partial charge in [-0.3, -0.25) is 4.79 Å². The molecule has 0 aromatic heterocycles. The van der Waals surface area contributed by atoms with Crippen LogP contribution in [0.2, 0.25) is 10.0 Å². The molecule has 4 rings (SSSR count). The van der Waals surface area contributed by atoms with Crippen LogP contribution >= 0.6 is 23.2 Å². The van der Waals surface area contributed by atoms with Gasteiger partial charge in [-0.15, -0.1) is 0 Å². The first-order valence-electron chi connectivity index (χ1n) is 8.51. The van der Waals surface area contributed by atoms with E-state index in [1.54, 1.807) is 6.07 Å². The first kappa shape index (κ1) is 18.1. The van der Waals surface area contributed by atoms with Gasteiger partial charge in [-0.1, -0.05) is 41.4 Å². The summed E-state index contributed by atoms with van der Waals surface area (Å²) in [6.45, 7) is 0.217. The molecule has 1 aliphatic carbocycles. The van der Waals surface area contributed by atoms with Crippen LogP contribution in [0.3, 0.4) is 0 Å². The number of carbonyl (C=O) groups excluding carboxylic acids is 2. The van der Waals surface area contributed by atoms with Crippen LogP contribution in [0.1, 0.15) is 28.7 Å². The molecule has 0 bridgehead atoms. The first-order valence-corrected chi connectivity index (χ1v) is 9.26. The number of fused-ring (bicyclic) bond motifs is 1. The average Bonchev–Trinajstić information content (AvgIpc) is 3.05. The standard InChI is InChI=1S/C19H16Cl2FN3O2/c20-13-3-1-2-10-11(13)7-12(10)17(9-4-5-15(22)14(21)6-9)25-18(26)16-8-23-19(27)24-16/h1-6,12,16-17H,7-8H2,(H,25,26)(H2,23,24,27)/t12-,16+,17+/m1/s1. The highest BCUT2D eigenvalue weighted by molar-refractivity contribution is 6.31. The van der Waals surface area contributed by atoms with Crippen molar-refractivity contribution in [2.45, 2.75) is 24.4 Å². The lowest BCUT2D eigenvalue weighted by Gasteiger charge is -2.38. The van der Waals surface area contributed by atoms with Crippen molar-refractivity contribution in [2.24, 2.45) is 0 Å². The van der Waals surface area contributed by atoms with Gasteiger partial charge in [0.2, 0.25) is 5.91 Å². The molecule has 3 N–H and O–H groups in total. The van der Waals surface area contributed by atoms with Gasteiger partial charge in [0.15, 0.2) is 0 Å². The Morgan fingerprint density at radius 1 is 1.22 bits per heavy atom. The van der Waals surface area contributed by atoms with Crippen molar-refractivity contribution in [1.82, 2.24) is 16.0 Å². The second-order valence-corrected chi connectivity index (χ2v) is 7.50. The molecule has 0 saturated carbocycles. The Morgan fingerprint density at radius 2 is 2.04 bits per heavy atom. The van der Waals surface area contributed by atoms with E-state index in [2.05, 4.69) is 16.0 Å². The second kappa shape index (κ2) is 7.02. The van der Waals surface area contributed by atoms with Crippen molar-refractivity contribution in [3.05, 3.63) is 69.0 Å². The summed E-state index contributed by atoms with van der Waals surface area (Å²) in [7, 11) is 0. The molecule has 1 saturated heterocycles. The van der Waals surface area contributed by atoms with Crippen LogP contribution in [-0.4, -0.2) is 24.5 Å². The third-order valence-electron chi connectivity index (χ3n) is 5.07. The fourth-order valence-corrected chi connectivity index (χ4v) is 4.07. The highest BCUT2D eigenvalue weighted by atomic mass is 35.5. The molecule has 3 amide bonds. The van der Waals surface area contributed by atoms with Crippen LogP contribution in [0.15, 0.2) is 36.4 Å². The summed E-state index contributed by atoms with van der Waals surface area (Å²) >= 11 is 12.2. The minimum absolute atomic E-state index is 0.00627. The molecule has 3 atom stereocenters. The largest absolute Gasteiger partial charge is 0.347 e. The lowest BCUT2D eigenvalue weighted by atomic mass is 9.71. The molecular formula is C19H16Cl2FN3O2. The van der Waals surface area contributed by atoms with E-state index in [9.17, 15) is 14.0 Å². The molecule has 140 valence electrons. The number of hydrogen-bond donors (Lipinski definition) is 3. The summed E-state index contributed by atoms with van der Waals surface area (Å²) in [5.74, 6) is -0.849. The fraction of sp³-hybridized carbons (Fsp3) is 0.263. The summed E-state index contributed by atoms with van der Waals surface area (Å²) in [4.78, 5) is 24.0. The number of hydrogen-bond acceptors (Lipinski definition) is 2. The smallest absolute Gasteiger partial charge is 0.315 e. The summed E-state index contributed by atoms with van der Waals surface area (Å²) < 4.78 is 13.6. The predicted octanol–water partition coefficient (Wildman–Crippen LogP) is 3.31. The Kier molecular flexibility index (Phi) is 4.70. The van der Waals surface area contributed by atoms with Crippen LogP contribution < -0.4 is 16.0 Å². The van der Waals surface area contributed by atoms with Crippen LogP contribution in [0.5, 0.6) is 0 Å². The highest BCUT2D eigenvalue weighted by Gasteiger charge is 2.38. The maximum Gasteiger partial charge on any atom is 0.315 e. The fourth-order valence-electron chi connectivity index (χ4n) is 3.62. The summed E-state index contributed by atoms with van der Waals surface area (Å²) in [6, 6.07) is 8.64. The number of urea groups is 1. The predicted molar refractivity (Wildman–Crippen MR) is 101 cm³/mol. The van der Waals surface area contributed by atoms with Crippen molar-refractivity contribution in [1.29, 1.82) is 0 Å². The van der Waals surface area contributed by atoms with Crippen molar-refractivity contribution in [2.75, 3.05) is 6.54 Å². The minimum atomic E-state index is -0.658. The summed E-state index contributed by atoms with van der Waals surface area (Å²) in [6.07, 6.45) is 0.685. The van der Waals surface area contributed by atoms with Gasteiger partial charge in [-0.2, -0.15) is 0 Å². The molecule has 0 radical (unpaired) electrons. The Hall–Kier alpha value is -2.31. The molecular weight excluding hydrogens is 392 g/mol. The molecule has 1 fully saturated rings. The third-order valence-corrected chi connectivity index (χ3v) is 5.71. The molecule has 0 spiro atoms. The summed E-state index contributed by atoms with van der Waals surface area (Å²) in [5.41, 5.74) is 2.79. The lowest BCUT2D eigenvalue weighted by molar-refractivity contribution is -0.123. The topological polar surface area (TPSA) is 70.2 Å². The van der Waals surface area contributed by atoms with E-state index in [0.29, 0.717) is 17.0 Å². The Morgan fingerprint density at radius 3 is 2.74 bits per heavy atom. The second-order valence-electron chi connectivity index (χ2n) is 6.68. The van der Waals surface area contributed by atoms with Crippen molar-refractivity contribution in [3.63, 3.8) is 0 Å². The van der Waals surface area contributed by atoms with E-state index in [-0.39, 0.29) is 29.4 Å². The van der Waals surface area contributed by atoms with E-state index in [1.165, 1.54) is 12.1 Å². The minimum Gasteiger partial charge on any atom is -0.347 e. The average molecular weight is 408 g/mol. The van der Waals surface area contributed by atoms with Crippen LogP contribution in [0.4, 0.5) is 9.18 Å². The first-order chi connectivity index (χ1) is 12.9. The van der Waals surface area contributed by atoms with E-state index in [0.717, 1.165) is 11.1 Å².